The number of H-pyrrole nitrogens is 2. The minimum Gasteiger partial charge on any atom is -0.510 e. The van der Waals surface area contributed by atoms with Crippen LogP contribution < -0.4 is 0 Å². The second-order valence-electron chi connectivity index (χ2n) is 6.04. The molecule has 4 aromatic rings. The van der Waals surface area contributed by atoms with Crippen LogP contribution in [0.15, 0.2) is 65.5 Å². The van der Waals surface area contributed by atoms with E-state index in [0.29, 0.717) is 16.5 Å². The highest BCUT2D eigenvalue weighted by Crippen LogP contribution is 2.25. The molecular weight excluding hydrogens is 390 g/mol. The standard InChI is InChI=1S/C20H17N5O3S/c1-28-19(27)16(18-21-13-9-5-6-10-14(13)22-18)15(26)11-29-20-23-17(24-25-20)12-7-3-2-4-8-12/h2-10,26H,11H2,1H3,(H,21,22)(H,23,24,25)/b16-15+. The lowest BCUT2D eigenvalue weighted by atomic mass is 10.2. The highest BCUT2D eigenvalue weighted by molar-refractivity contribution is 7.99. The molecule has 0 bridgehead atoms. The van der Waals surface area contributed by atoms with E-state index in [1.807, 2.05) is 54.6 Å². The van der Waals surface area contributed by atoms with E-state index < -0.39 is 5.97 Å². The zero-order valence-electron chi connectivity index (χ0n) is 15.4. The summed E-state index contributed by atoms with van der Waals surface area (Å²) >= 11 is 1.19. The monoisotopic (exact) mass is 407 g/mol. The van der Waals surface area contributed by atoms with Gasteiger partial charge in [-0.2, -0.15) is 0 Å². The molecule has 0 unspecified atom stereocenters. The van der Waals surface area contributed by atoms with Crippen LogP contribution in [0.4, 0.5) is 0 Å². The lowest BCUT2D eigenvalue weighted by Crippen LogP contribution is -2.09. The van der Waals surface area contributed by atoms with Gasteiger partial charge in [0.2, 0.25) is 5.16 Å². The minimum absolute atomic E-state index is 0.0185. The topological polar surface area (TPSA) is 117 Å². The van der Waals surface area contributed by atoms with Crippen LogP contribution in [-0.2, 0) is 9.53 Å². The number of nitrogens with zero attached hydrogens (tertiary/aromatic N) is 3. The molecule has 8 nitrogen and oxygen atoms in total. The summed E-state index contributed by atoms with van der Waals surface area (Å²) in [6.45, 7) is 0. The number of thioether (sulfide) groups is 1. The number of aliphatic hydroxyl groups excluding tert-OH is 1. The minimum atomic E-state index is -0.679. The zero-order chi connectivity index (χ0) is 20.2. The fourth-order valence-corrected chi connectivity index (χ4v) is 3.44. The summed E-state index contributed by atoms with van der Waals surface area (Å²) in [5.74, 6) is 0.0975. The largest absolute Gasteiger partial charge is 0.510 e. The molecule has 3 N–H and O–H groups in total. The second kappa shape index (κ2) is 8.19. The maximum absolute atomic E-state index is 12.3. The van der Waals surface area contributed by atoms with Gasteiger partial charge in [-0.25, -0.2) is 14.8 Å². The molecule has 0 aliphatic carbocycles. The lowest BCUT2D eigenvalue weighted by Gasteiger charge is -2.06. The number of imidazole rings is 1. The molecule has 0 amide bonds. The number of fused-ring (bicyclic) bond motifs is 1. The van der Waals surface area contributed by atoms with Crippen molar-refractivity contribution in [3.63, 3.8) is 0 Å². The molecule has 0 saturated heterocycles. The molecule has 0 aliphatic rings. The predicted molar refractivity (Wildman–Crippen MR) is 110 cm³/mol. The molecule has 29 heavy (non-hydrogen) atoms. The number of aromatic amines is 2. The first-order chi connectivity index (χ1) is 14.2. The summed E-state index contributed by atoms with van der Waals surface area (Å²) in [5.41, 5.74) is 2.33. The quantitative estimate of drug-likeness (QED) is 0.194. The van der Waals surface area contributed by atoms with E-state index in [9.17, 15) is 9.90 Å². The third-order valence-corrected chi connectivity index (χ3v) is 5.01. The number of para-hydroxylation sites is 2. The SMILES string of the molecule is COC(=O)/C(=C(/O)CSc1n[nH]c(-c2ccccc2)n1)c1nc2ccccc2[nH]1. The van der Waals surface area contributed by atoms with E-state index in [2.05, 4.69) is 25.1 Å². The van der Waals surface area contributed by atoms with Crippen molar-refractivity contribution in [2.45, 2.75) is 5.16 Å². The van der Waals surface area contributed by atoms with Gasteiger partial charge in [-0.05, 0) is 12.1 Å². The number of ether oxygens (including phenoxy) is 1. The summed E-state index contributed by atoms with van der Waals surface area (Å²) in [6, 6.07) is 16.9. The Hall–Kier alpha value is -3.59. The normalized spacial score (nSPS) is 12.0. The molecule has 2 aromatic carbocycles. The Bertz CT molecular complexity index is 1150. The van der Waals surface area contributed by atoms with Gasteiger partial charge in [0.15, 0.2) is 5.82 Å². The number of aromatic nitrogens is 5. The van der Waals surface area contributed by atoms with E-state index >= 15 is 0 Å². The van der Waals surface area contributed by atoms with E-state index in [1.165, 1.54) is 18.9 Å². The van der Waals surface area contributed by atoms with Crippen LogP contribution in [0.5, 0.6) is 0 Å². The molecule has 0 fully saturated rings. The highest BCUT2D eigenvalue weighted by atomic mass is 32.2. The van der Waals surface area contributed by atoms with Crippen molar-refractivity contribution in [3.8, 4) is 11.4 Å². The van der Waals surface area contributed by atoms with E-state index in [-0.39, 0.29) is 22.9 Å². The van der Waals surface area contributed by atoms with Crippen molar-refractivity contribution >= 4 is 34.3 Å². The van der Waals surface area contributed by atoms with Gasteiger partial charge in [0.05, 0.1) is 23.9 Å². The van der Waals surface area contributed by atoms with Crippen molar-refractivity contribution in [1.82, 2.24) is 25.1 Å². The summed E-state index contributed by atoms with van der Waals surface area (Å²) < 4.78 is 4.83. The van der Waals surface area contributed by atoms with Crippen molar-refractivity contribution < 1.29 is 14.6 Å². The highest BCUT2D eigenvalue weighted by Gasteiger charge is 2.22. The number of nitrogens with one attached hydrogen (secondary N) is 2. The number of methoxy groups -OCH3 is 1. The Morgan fingerprint density at radius 2 is 1.86 bits per heavy atom. The molecule has 146 valence electrons. The van der Waals surface area contributed by atoms with Gasteiger partial charge >= 0.3 is 5.97 Å². The zero-order valence-corrected chi connectivity index (χ0v) is 16.2. The Morgan fingerprint density at radius 1 is 1.10 bits per heavy atom. The number of rotatable bonds is 6. The number of hydrogen-bond donors (Lipinski definition) is 3. The lowest BCUT2D eigenvalue weighted by molar-refractivity contribution is -0.133. The summed E-state index contributed by atoms with van der Waals surface area (Å²) in [5, 5.41) is 18.1. The smallest absolute Gasteiger partial charge is 0.345 e. The molecule has 2 heterocycles. The predicted octanol–water partition coefficient (Wildman–Crippen LogP) is 3.58. The number of esters is 1. The van der Waals surface area contributed by atoms with Crippen molar-refractivity contribution in [2.24, 2.45) is 0 Å². The molecule has 4 rings (SSSR count). The van der Waals surface area contributed by atoms with Crippen molar-refractivity contribution in [1.29, 1.82) is 0 Å². The van der Waals surface area contributed by atoms with Gasteiger partial charge in [-0.15, -0.1) is 5.10 Å². The van der Waals surface area contributed by atoms with Crippen LogP contribution in [0.3, 0.4) is 0 Å². The van der Waals surface area contributed by atoms with E-state index in [0.717, 1.165) is 11.1 Å². The van der Waals surface area contributed by atoms with Gasteiger partial charge in [-0.3, -0.25) is 5.10 Å². The van der Waals surface area contributed by atoms with Gasteiger partial charge in [0, 0.05) is 5.56 Å². The fraction of sp³-hybridized carbons (Fsp3) is 0.100. The van der Waals surface area contributed by atoms with E-state index in [1.54, 1.807) is 0 Å². The van der Waals surface area contributed by atoms with Crippen LogP contribution in [0, 0.1) is 0 Å². The molecule has 0 atom stereocenters. The molecule has 0 aliphatic heterocycles. The average molecular weight is 407 g/mol. The van der Waals surface area contributed by atoms with Gasteiger partial charge in [-0.1, -0.05) is 54.2 Å². The maximum Gasteiger partial charge on any atom is 0.345 e. The third-order valence-electron chi connectivity index (χ3n) is 4.15. The maximum atomic E-state index is 12.3. The Morgan fingerprint density at radius 3 is 2.62 bits per heavy atom. The number of hydrogen-bond acceptors (Lipinski definition) is 7. The summed E-state index contributed by atoms with van der Waals surface area (Å²) in [4.78, 5) is 24.1. The third kappa shape index (κ3) is 3.99. The van der Waals surface area contributed by atoms with Crippen molar-refractivity contribution in [3.05, 3.63) is 66.2 Å². The van der Waals surface area contributed by atoms with Gasteiger partial charge in [0.25, 0.3) is 0 Å². The molecule has 0 radical (unpaired) electrons. The summed E-state index contributed by atoms with van der Waals surface area (Å²) in [6.07, 6.45) is 0. The first-order valence-electron chi connectivity index (χ1n) is 8.72. The van der Waals surface area contributed by atoms with Crippen LogP contribution in [0.1, 0.15) is 5.82 Å². The van der Waals surface area contributed by atoms with Crippen LogP contribution in [0.2, 0.25) is 0 Å². The molecule has 2 aromatic heterocycles. The number of benzene rings is 2. The second-order valence-corrected chi connectivity index (χ2v) is 6.98. The van der Waals surface area contributed by atoms with Crippen LogP contribution in [0.25, 0.3) is 28.0 Å². The number of aliphatic hydroxyl groups is 1. The van der Waals surface area contributed by atoms with E-state index in [4.69, 9.17) is 4.74 Å². The first-order valence-corrected chi connectivity index (χ1v) is 9.70. The number of carbonyl (C=O) groups excluding carboxylic acids is 1. The molecule has 0 saturated carbocycles. The summed E-state index contributed by atoms with van der Waals surface area (Å²) in [7, 11) is 1.26. The van der Waals surface area contributed by atoms with Gasteiger partial charge in [0.1, 0.15) is 17.2 Å². The fourth-order valence-electron chi connectivity index (χ4n) is 2.77. The average Bonchev–Trinajstić information content (AvgIpc) is 3.40. The number of carbonyl (C=O) groups is 1. The first kappa shape index (κ1) is 18.8. The van der Waals surface area contributed by atoms with Gasteiger partial charge < -0.3 is 14.8 Å². The molecule has 0 spiro atoms. The van der Waals surface area contributed by atoms with Crippen LogP contribution >= 0.6 is 11.8 Å². The van der Waals surface area contributed by atoms with Crippen LogP contribution in [-0.4, -0.2) is 49.1 Å². The molecule has 9 heteroatoms. The Balaban J connectivity index is 1.58. The Labute approximate surface area is 170 Å². The van der Waals surface area contributed by atoms with Crippen molar-refractivity contribution in [2.75, 3.05) is 12.9 Å². The Kier molecular flexibility index (Phi) is 5.30. The molecular formula is C20H17N5O3S.